The smallest absolute Gasteiger partial charge is 0.335 e. The average molecular weight is 354 g/mol. The van der Waals surface area contributed by atoms with Crippen molar-refractivity contribution in [2.45, 2.75) is 18.9 Å². The molecule has 3 rings (SSSR count). The van der Waals surface area contributed by atoms with Crippen molar-refractivity contribution in [1.29, 1.82) is 0 Å². The molecule has 0 saturated carbocycles. The molecule has 1 aliphatic heterocycles. The van der Waals surface area contributed by atoms with Gasteiger partial charge in [0.05, 0.1) is 16.8 Å². The van der Waals surface area contributed by atoms with Gasteiger partial charge in [-0.2, -0.15) is 0 Å². The number of carboxylic acids is 1. The van der Waals surface area contributed by atoms with Crippen molar-refractivity contribution in [3.63, 3.8) is 0 Å². The molecule has 1 unspecified atom stereocenters. The molecular formula is C19H18N2O5. The van der Waals surface area contributed by atoms with Gasteiger partial charge in [0.2, 0.25) is 0 Å². The third kappa shape index (κ3) is 4.07. The first-order chi connectivity index (χ1) is 12.5. The molecule has 0 aromatic heterocycles. The lowest BCUT2D eigenvalue weighted by molar-refractivity contribution is -0.124. The zero-order valence-electron chi connectivity index (χ0n) is 13.9. The maximum Gasteiger partial charge on any atom is 0.335 e. The van der Waals surface area contributed by atoms with Crippen LogP contribution >= 0.6 is 0 Å². The summed E-state index contributed by atoms with van der Waals surface area (Å²) in [5, 5.41) is 14.4. The molecule has 2 amide bonds. The molecule has 0 bridgehead atoms. The second kappa shape index (κ2) is 7.79. The van der Waals surface area contributed by atoms with Crippen molar-refractivity contribution in [1.82, 2.24) is 0 Å². The van der Waals surface area contributed by atoms with E-state index in [4.69, 9.17) is 9.84 Å². The van der Waals surface area contributed by atoms with Crippen molar-refractivity contribution in [3.05, 3.63) is 59.7 Å². The van der Waals surface area contributed by atoms with Gasteiger partial charge in [-0.3, -0.25) is 9.59 Å². The Balaban J connectivity index is 1.76. The number of nitrogens with one attached hydrogen (secondary N) is 2. The third-order valence-electron chi connectivity index (χ3n) is 4.02. The van der Waals surface area contributed by atoms with E-state index in [0.717, 1.165) is 6.42 Å². The molecule has 7 nitrogen and oxygen atoms in total. The molecule has 3 N–H and O–H groups in total. The maximum absolute atomic E-state index is 12.6. The van der Waals surface area contributed by atoms with Crippen molar-refractivity contribution in [3.8, 4) is 0 Å². The molecule has 134 valence electrons. The summed E-state index contributed by atoms with van der Waals surface area (Å²) in [6.07, 6.45) is 0.987. The van der Waals surface area contributed by atoms with Gasteiger partial charge in [-0.1, -0.05) is 18.2 Å². The molecule has 1 aliphatic rings. The molecule has 0 radical (unpaired) electrons. The van der Waals surface area contributed by atoms with Crippen LogP contribution < -0.4 is 10.6 Å². The number of aromatic carboxylic acids is 1. The summed E-state index contributed by atoms with van der Waals surface area (Å²) >= 11 is 0. The van der Waals surface area contributed by atoms with Gasteiger partial charge in [0.1, 0.15) is 6.10 Å². The summed E-state index contributed by atoms with van der Waals surface area (Å²) < 4.78 is 5.35. The van der Waals surface area contributed by atoms with E-state index in [1.165, 1.54) is 12.1 Å². The molecular weight excluding hydrogens is 336 g/mol. The molecule has 2 aromatic carbocycles. The number of rotatable bonds is 5. The van der Waals surface area contributed by atoms with Crippen LogP contribution in [0.4, 0.5) is 11.4 Å². The lowest BCUT2D eigenvalue weighted by atomic mass is 10.1. The van der Waals surface area contributed by atoms with E-state index >= 15 is 0 Å². The predicted molar refractivity (Wildman–Crippen MR) is 95.4 cm³/mol. The lowest BCUT2D eigenvalue weighted by Crippen LogP contribution is -2.28. The molecule has 1 atom stereocenters. The second-order valence-corrected chi connectivity index (χ2v) is 5.88. The van der Waals surface area contributed by atoms with Crippen LogP contribution in [0, 0.1) is 0 Å². The molecule has 0 aliphatic carbocycles. The largest absolute Gasteiger partial charge is 0.478 e. The van der Waals surface area contributed by atoms with Crippen LogP contribution in [0.15, 0.2) is 48.5 Å². The fraction of sp³-hybridized carbons (Fsp3) is 0.211. The van der Waals surface area contributed by atoms with Crippen LogP contribution in [-0.2, 0) is 9.53 Å². The van der Waals surface area contributed by atoms with E-state index in [-0.39, 0.29) is 17.0 Å². The number of amides is 2. The number of benzene rings is 2. The fourth-order valence-electron chi connectivity index (χ4n) is 2.72. The Hall–Kier alpha value is -3.19. The highest BCUT2D eigenvalue weighted by Gasteiger charge is 2.24. The Morgan fingerprint density at radius 2 is 1.85 bits per heavy atom. The Morgan fingerprint density at radius 1 is 1.04 bits per heavy atom. The van der Waals surface area contributed by atoms with Crippen LogP contribution in [0.1, 0.15) is 33.6 Å². The number of anilines is 2. The molecule has 0 spiro atoms. The first kappa shape index (κ1) is 17.6. The number of carbonyl (C=O) groups excluding carboxylic acids is 2. The summed E-state index contributed by atoms with van der Waals surface area (Å²) in [4.78, 5) is 35.9. The molecule has 26 heavy (non-hydrogen) atoms. The minimum Gasteiger partial charge on any atom is -0.478 e. The minimum atomic E-state index is -1.08. The highest BCUT2D eigenvalue weighted by molar-refractivity contribution is 6.10. The average Bonchev–Trinajstić information content (AvgIpc) is 3.17. The van der Waals surface area contributed by atoms with Gasteiger partial charge in [-0.05, 0) is 43.2 Å². The predicted octanol–water partition coefficient (Wildman–Crippen LogP) is 2.75. The summed E-state index contributed by atoms with van der Waals surface area (Å²) in [5.74, 6) is -1.81. The van der Waals surface area contributed by atoms with Gasteiger partial charge in [-0.25, -0.2) is 4.79 Å². The van der Waals surface area contributed by atoms with Crippen molar-refractivity contribution in [2.75, 3.05) is 17.2 Å². The minimum absolute atomic E-state index is 0.0720. The standard InChI is InChI=1S/C19H18N2O5/c22-17(20-13-6-3-5-12(11-13)19(24)25)14-7-1-2-8-15(14)21-18(23)16-9-4-10-26-16/h1-3,5-8,11,16H,4,9-10H2,(H,20,22)(H,21,23)(H,24,25). The quantitative estimate of drug-likeness (QED) is 0.766. The highest BCUT2D eigenvalue weighted by atomic mass is 16.5. The Morgan fingerprint density at radius 3 is 2.58 bits per heavy atom. The van der Waals surface area contributed by atoms with E-state index in [9.17, 15) is 14.4 Å². The summed E-state index contributed by atoms with van der Waals surface area (Å²) in [6, 6.07) is 12.6. The molecule has 1 fully saturated rings. The topological polar surface area (TPSA) is 105 Å². The fourth-order valence-corrected chi connectivity index (χ4v) is 2.72. The van der Waals surface area contributed by atoms with Crippen molar-refractivity contribution < 1.29 is 24.2 Å². The van der Waals surface area contributed by atoms with Crippen LogP contribution in [0.3, 0.4) is 0 Å². The van der Waals surface area contributed by atoms with Crippen LogP contribution in [0.5, 0.6) is 0 Å². The zero-order valence-corrected chi connectivity index (χ0v) is 13.9. The number of carboxylic acid groups (broad SMARTS) is 1. The summed E-state index contributed by atoms with van der Waals surface area (Å²) in [5.41, 5.74) is 1.08. The van der Waals surface area contributed by atoms with E-state index in [2.05, 4.69) is 10.6 Å². The molecule has 1 heterocycles. The number of para-hydroxylation sites is 1. The van der Waals surface area contributed by atoms with E-state index in [1.807, 2.05) is 0 Å². The lowest BCUT2D eigenvalue weighted by Gasteiger charge is -2.14. The van der Waals surface area contributed by atoms with Crippen LogP contribution in [-0.4, -0.2) is 35.6 Å². The van der Waals surface area contributed by atoms with Gasteiger partial charge < -0.3 is 20.5 Å². The van der Waals surface area contributed by atoms with Crippen molar-refractivity contribution in [2.24, 2.45) is 0 Å². The van der Waals surface area contributed by atoms with E-state index in [0.29, 0.717) is 24.4 Å². The first-order valence-electron chi connectivity index (χ1n) is 8.21. The normalized spacial score (nSPS) is 16.1. The van der Waals surface area contributed by atoms with Gasteiger partial charge in [0.25, 0.3) is 11.8 Å². The van der Waals surface area contributed by atoms with Crippen LogP contribution in [0.2, 0.25) is 0 Å². The van der Waals surface area contributed by atoms with Gasteiger partial charge in [0, 0.05) is 12.3 Å². The number of carbonyl (C=O) groups is 3. The third-order valence-corrected chi connectivity index (χ3v) is 4.02. The number of ether oxygens (including phenoxy) is 1. The first-order valence-corrected chi connectivity index (χ1v) is 8.21. The summed E-state index contributed by atoms with van der Waals surface area (Å²) in [6.45, 7) is 0.556. The second-order valence-electron chi connectivity index (χ2n) is 5.88. The zero-order chi connectivity index (χ0) is 18.5. The van der Waals surface area contributed by atoms with Gasteiger partial charge >= 0.3 is 5.97 Å². The maximum atomic E-state index is 12.6. The number of hydrogen-bond donors (Lipinski definition) is 3. The van der Waals surface area contributed by atoms with Crippen molar-refractivity contribution >= 4 is 29.2 Å². The van der Waals surface area contributed by atoms with E-state index < -0.39 is 18.0 Å². The van der Waals surface area contributed by atoms with E-state index in [1.54, 1.807) is 36.4 Å². The number of hydrogen-bond acceptors (Lipinski definition) is 4. The highest BCUT2D eigenvalue weighted by Crippen LogP contribution is 2.20. The SMILES string of the molecule is O=C(O)c1cccc(NC(=O)c2ccccc2NC(=O)C2CCCO2)c1. The van der Waals surface area contributed by atoms with Crippen LogP contribution in [0.25, 0.3) is 0 Å². The molecule has 7 heteroatoms. The monoisotopic (exact) mass is 354 g/mol. The Labute approximate surface area is 150 Å². The molecule has 2 aromatic rings. The Bertz CT molecular complexity index is 843. The summed E-state index contributed by atoms with van der Waals surface area (Å²) in [7, 11) is 0. The Kier molecular flexibility index (Phi) is 5.28. The van der Waals surface area contributed by atoms with Gasteiger partial charge in [0.15, 0.2) is 0 Å². The molecule has 1 saturated heterocycles. The van der Waals surface area contributed by atoms with Gasteiger partial charge in [-0.15, -0.1) is 0 Å².